The van der Waals surface area contributed by atoms with Crippen LogP contribution in [0.1, 0.15) is 65.8 Å². The zero-order chi connectivity index (χ0) is 28.6. The largest absolute Gasteiger partial charge is 0.462 e. The van der Waals surface area contributed by atoms with E-state index in [-0.39, 0.29) is 40.8 Å². The fraction of sp³-hybridized carbons (Fsp3) is 0.500. The number of hydrogen-bond donors (Lipinski definition) is 3. The van der Waals surface area contributed by atoms with E-state index in [2.05, 4.69) is 43.6 Å². The molecule has 1 aromatic heterocycles. The Balaban J connectivity index is 1.51. The lowest BCUT2D eigenvalue weighted by atomic mass is 9.81. The zero-order valence-corrected chi connectivity index (χ0v) is 25.1. The van der Waals surface area contributed by atoms with Gasteiger partial charge in [0, 0.05) is 34.6 Å². The van der Waals surface area contributed by atoms with Crippen LogP contribution in [0, 0.1) is 0 Å². The lowest BCUT2D eigenvalue weighted by Crippen LogP contribution is -2.55. The van der Waals surface area contributed by atoms with E-state index in [1.807, 2.05) is 0 Å². The molecule has 212 valence electrons. The van der Waals surface area contributed by atoms with Gasteiger partial charge < -0.3 is 20.1 Å². The molecule has 1 aromatic carbocycles. The number of esters is 1. The van der Waals surface area contributed by atoms with E-state index in [4.69, 9.17) is 21.7 Å². The summed E-state index contributed by atoms with van der Waals surface area (Å²) in [7, 11) is -3.67. The van der Waals surface area contributed by atoms with Crippen LogP contribution in [0.4, 0.5) is 5.00 Å². The smallest absolute Gasteiger partial charge is 0.341 e. The quantitative estimate of drug-likeness (QED) is 0.341. The molecule has 0 atom stereocenters. The predicted molar refractivity (Wildman–Crippen MR) is 154 cm³/mol. The van der Waals surface area contributed by atoms with E-state index in [1.165, 1.54) is 39.9 Å². The van der Waals surface area contributed by atoms with Gasteiger partial charge in [-0.3, -0.25) is 10.1 Å². The van der Waals surface area contributed by atoms with E-state index in [1.54, 1.807) is 6.92 Å². The maximum absolute atomic E-state index is 13.0. The Labute approximate surface area is 238 Å². The summed E-state index contributed by atoms with van der Waals surface area (Å²) in [6, 6.07) is 5.68. The van der Waals surface area contributed by atoms with Crippen LogP contribution in [0.2, 0.25) is 0 Å². The molecule has 0 saturated carbocycles. The van der Waals surface area contributed by atoms with E-state index in [0.717, 1.165) is 10.4 Å². The summed E-state index contributed by atoms with van der Waals surface area (Å²) in [5, 5.41) is 9.79. The molecule has 0 aliphatic carbocycles. The molecule has 1 amide bonds. The lowest BCUT2D eigenvalue weighted by molar-refractivity contribution is 0.0525. The summed E-state index contributed by atoms with van der Waals surface area (Å²) < 4.78 is 37.7. The number of morpholine rings is 1. The summed E-state index contributed by atoms with van der Waals surface area (Å²) in [5.74, 6) is -0.956. The molecule has 1 fully saturated rings. The highest BCUT2D eigenvalue weighted by molar-refractivity contribution is 7.89. The minimum absolute atomic E-state index is 0.0131. The third-order valence-electron chi connectivity index (χ3n) is 6.50. The molecule has 0 spiro atoms. The number of nitrogens with zero attached hydrogens (tertiary/aromatic N) is 1. The summed E-state index contributed by atoms with van der Waals surface area (Å²) >= 11 is 6.82. The number of carbonyl (C=O) groups excluding carboxylic acids is 2. The fourth-order valence-electron chi connectivity index (χ4n) is 5.06. The molecule has 1 saturated heterocycles. The van der Waals surface area contributed by atoms with Gasteiger partial charge in [0.2, 0.25) is 10.0 Å². The van der Waals surface area contributed by atoms with Crippen LogP contribution < -0.4 is 16.0 Å². The number of nitrogens with one attached hydrogen (secondary N) is 3. The SMILES string of the molecule is CCOC(=O)c1c(NC(=S)NC(=O)c2ccc(S(=O)(=O)N3CCOCC3)cc2)sc2c1CC(C)(C)NC2(C)C. The van der Waals surface area contributed by atoms with Crippen LogP contribution in [0.15, 0.2) is 29.2 Å². The highest BCUT2D eigenvalue weighted by Gasteiger charge is 2.42. The Hall–Kier alpha value is -2.42. The Morgan fingerprint density at radius 2 is 1.79 bits per heavy atom. The standard InChI is InChI=1S/C26H34N4O6S3/c1-6-36-23(32)19-18-15-25(2,3)29-26(4,5)20(18)38-22(19)28-24(37)27-21(31)16-7-9-17(10-8-16)39(33,34)30-11-13-35-14-12-30/h7-10,29H,6,11-15H2,1-5H3,(H2,27,28,31,37). The lowest BCUT2D eigenvalue weighted by Gasteiger charge is -2.42. The van der Waals surface area contributed by atoms with Gasteiger partial charge in [0.15, 0.2) is 5.11 Å². The molecule has 0 bridgehead atoms. The van der Waals surface area contributed by atoms with Gasteiger partial charge in [0.25, 0.3) is 5.91 Å². The molecule has 3 heterocycles. The molecule has 2 aromatic rings. The second kappa shape index (κ2) is 11.2. The van der Waals surface area contributed by atoms with Gasteiger partial charge in [-0.05, 0) is 83.1 Å². The average Bonchev–Trinajstić information content (AvgIpc) is 3.21. The molecule has 10 nitrogen and oxygen atoms in total. The van der Waals surface area contributed by atoms with Gasteiger partial charge in [-0.15, -0.1) is 11.3 Å². The first-order chi connectivity index (χ1) is 18.2. The topological polar surface area (TPSA) is 126 Å². The van der Waals surface area contributed by atoms with Crippen LogP contribution in [0.25, 0.3) is 0 Å². The minimum atomic E-state index is -3.67. The molecule has 13 heteroatoms. The molecule has 2 aliphatic rings. The highest BCUT2D eigenvalue weighted by atomic mass is 32.2. The second-order valence-electron chi connectivity index (χ2n) is 10.6. The van der Waals surface area contributed by atoms with Crippen molar-refractivity contribution in [1.82, 2.24) is 14.9 Å². The first kappa shape index (κ1) is 29.6. The van der Waals surface area contributed by atoms with Gasteiger partial charge in [0.05, 0.1) is 30.3 Å². The molecule has 3 N–H and O–H groups in total. The molecule has 2 aliphatic heterocycles. The number of amides is 1. The first-order valence-electron chi connectivity index (χ1n) is 12.7. The first-order valence-corrected chi connectivity index (χ1v) is 15.3. The van der Waals surface area contributed by atoms with Gasteiger partial charge >= 0.3 is 5.97 Å². The Morgan fingerprint density at radius 3 is 2.41 bits per heavy atom. The molecule has 0 unspecified atom stereocenters. The number of benzene rings is 1. The second-order valence-corrected chi connectivity index (χ2v) is 14.0. The van der Waals surface area contributed by atoms with Crippen molar-refractivity contribution in [3.05, 3.63) is 45.8 Å². The number of thiophene rings is 1. The number of carbonyl (C=O) groups is 2. The normalized spacial score (nSPS) is 18.6. The molecular weight excluding hydrogens is 561 g/mol. The maximum atomic E-state index is 13.0. The van der Waals surface area contributed by atoms with Gasteiger partial charge in [-0.25, -0.2) is 13.2 Å². The van der Waals surface area contributed by atoms with Crippen LogP contribution in [-0.4, -0.2) is 68.2 Å². The minimum Gasteiger partial charge on any atom is -0.462 e. The molecular formula is C26H34N4O6S3. The van der Waals surface area contributed by atoms with E-state index in [9.17, 15) is 18.0 Å². The third kappa shape index (κ3) is 6.34. The zero-order valence-electron chi connectivity index (χ0n) is 22.7. The third-order valence-corrected chi connectivity index (χ3v) is 10.1. The van der Waals surface area contributed by atoms with Gasteiger partial charge in [-0.1, -0.05) is 0 Å². The number of ether oxygens (including phenoxy) is 2. The average molecular weight is 595 g/mol. The Bertz CT molecular complexity index is 1380. The van der Waals surface area contributed by atoms with Crippen LogP contribution in [0.3, 0.4) is 0 Å². The van der Waals surface area contributed by atoms with Crippen LogP contribution in [0.5, 0.6) is 0 Å². The number of thiocarbonyl (C=S) groups is 1. The predicted octanol–water partition coefficient (Wildman–Crippen LogP) is 3.23. The van der Waals surface area contributed by atoms with Crippen molar-refractivity contribution >= 4 is 55.6 Å². The monoisotopic (exact) mass is 594 g/mol. The van der Waals surface area contributed by atoms with Gasteiger partial charge in [-0.2, -0.15) is 4.31 Å². The van der Waals surface area contributed by atoms with Gasteiger partial charge in [0.1, 0.15) is 5.00 Å². The molecule has 0 radical (unpaired) electrons. The molecule has 4 rings (SSSR count). The number of fused-ring (bicyclic) bond motifs is 1. The molecule has 39 heavy (non-hydrogen) atoms. The Kier molecular flexibility index (Phi) is 8.50. The number of anilines is 1. The van der Waals surface area contributed by atoms with Crippen molar-refractivity contribution in [2.75, 3.05) is 38.2 Å². The van der Waals surface area contributed by atoms with Crippen molar-refractivity contribution in [2.24, 2.45) is 0 Å². The Morgan fingerprint density at radius 1 is 1.15 bits per heavy atom. The van der Waals surface area contributed by atoms with E-state index >= 15 is 0 Å². The van der Waals surface area contributed by atoms with Crippen molar-refractivity contribution in [2.45, 2.75) is 57.0 Å². The van der Waals surface area contributed by atoms with Crippen molar-refractivity contribution in [3.63, 3.8) is 0 Å². The van der Waals surface area contributed by atoms with Crippen molar-refractivity contribution in [3.8, 4) is 0 Å². The number of sulfonamides is 1. The summed E-state index contributed by atoms with van der Waals surface area (Å²) in [6.07, 6.45) is 0.622. The fourth-order valence-corrected chi connectivity index (χ4v) is 8.00. The number of hydrogen-bond acceptors (Lipinski definition) is 9. The summed E-state index contributed by atoms with van der Waals surface area (Å²) in [5.41, 5.74) is 0.932. The van der Waals surface area contributed by atoms with E-state index in [0.29, 0.717) is 30.2 Å². The van der Waals surface area contributed by atoms with Crippen molar-refractivity contribution < 1.29 is 27.5 Å². The van der Waals surface area contributed by atoms with Crippen molar-refractivity contribution in [1.29, 1.82) is 0 Å². The summed E-state index contributed by atoms with van der Waals surface area (Å²) in [4.78, 5) is 27.0. The maximum Gasteiger partial charge on any atom is 0.341 e. The van der Waals surface area contributed by atoms with Crippen LogP contribution in [-0.2, 0) is 31.5 Å². The number of rotatable bonds is 6. The highest BCUT2D eigenvalue weighted by Crippen LogP contribution is 2.45. The van der Waals surface area contributed by atoms with Crippen LogP contribution >= 0.6 is 23.6 Å². The van der Waals surface area contributed by atoms with E-state index < -0.39 is 27.4 Å². The summed E-state index contributed by atoms with van der Waals surface area (Å²) in [6.45, 7) is 11.5.